The SMILES string of the molecule is [2H]C1([2H])CCCC([2H])([2H])C1(c1ccccc1)c1ccnc(-n2c3ccccc3c3ccc(Oc4cc(N5CN(c6c(-c7ccccc7)cccc6-c6ccccc6)c6ccccc65)cc(C(C)(C)C)c4)cc32)c1. The predicted octanol–water partition coefficient (Wildman–Crippen LogP) is 17.1. The lowest BCUT2D eigenvalue weighted by molar-refractivity contribution is 0.345. The molecule has 0 radical (unpaired) electrons. The molecule has 2 aliphatic rings. The number of anilines is 4. The van der Waals surface area contributed by atoms with Gasteiger partial charge in [-0.3, -0.25) is 4.57 Å². The first kappa shape index (κ1) is 38.1. The summed E-state index contributed by atoms with van der Waals surface area (Å²) in [5.41, 5.74) is 11.3. The number of ether oxygens (including phenoxy) is 1. The van der Waals surface area contributed by atoms with Gasteiger partial charge >= 0.3 is 0 Å². The molecular formula is C64H56N4O. The molecular weight excluding hydrogens is 841 g/mol. The van der Waals surface area contributed by atoms with Crippen LogP contribution in [0.4, 0.5) is 22.7 Å². The normalized spacial score (nSPS) is 16.9. The zero-order valence-corrected chi connectivity index (χ0v) is 39.2. The van der Waals surface area contributed by atoms with Gasteiger partial charge in [0.25, 0.3) is 0 Å². The fourth-order valence-corrected chi connectivity index (χ4v) is 10.5. The van der Waals surface area contributed by atoms with E-state index in [1.54, 1.807) is 6.20 Å². The van der Waals surface area contributed by atoms with Gasteiger partial charge in [-0.15, -0.1) is 0 Å². The third-order valence-corrected chi connectivity index (χ3v) is 13.9. The summed E-state index contributed by atoms with van der Waals surface area (Å²) in [6.45, 7) is 7.28. The molecule has 0 N–H and O–H groups in total. The molecule has 1 saturated carbocycles. The van der Waals surface area contributed by atoms with E-state index in [2.05, 4.69) is 181 Å². The van der Waals surface area contributed by atoms with Crippen molar-refractivity contribution in [3.05, 3.63) is 229 Å². The Bertz CT molecular complexity index is 3610. The summed E-state index contributed by atoms with van der Waals surface area (Å²) in [6.07, 6.45) is -1.11. The second-order valence-corrected chi connectivity index (χ2v) is 19.2. The van der Waals surface area contributed by atoms with Gasteiger partial charge in [0.2, 0.25) is 0 Å². The van der Waals surface area contributed by atoms with Gasteiger partial charge in [0.1, 0.15) is 24.0 Å². The average Bonchev–Trinajstić information content (AvgIpc) is 3.95. The van der Waals surface area contributed by atoms with Gasteiger partial charge in [0.15, 0.2) is 0 Å². The zero-order chi connectivity index (χ0) is 50.1. The minimum Gasteiger partial charge on any atom is -0.457 e. The van der Waals surface area contributed by atoms with Gasteiger partial charge < -0.3 is 14.5 Å². The average molecular weight is 901 g/mol. The first-order chi connectivity index (χ1) is 35.3. The van der Waals surface area contributed by atoms with E-state index in [0.717, 1.165) is 72.4 Å². The van der Waals surface area contributed by atoms with E-state index in [4.69, 9.17) is 9.72 Å². The molecule has 0 unspecified atom stereocenters. The molecule has 8 aromatic carbocycles. The number of benzene rings is 8. The Kier molecular flexibility index (Phi) is 9.57. The summed E-state index contributed by atoms with van der Waals surface area (Å²) >= 11 is 0. The van der Waals surface area contributed by atoms with Crippen molar-refractivity contribution in [2.75, 3.05) is 16.5 Å². The van der Waals surface area contributed by atoms with Crippen molar-refractivity contribution in [1.82, 2.24) is 9.55 Å². The number of fused-ring (bicyclic) bond motifs is 4. The Morgan fingerprint density at radius 3 is 1.84 bits per heavy atom. The molecule has 10 aromatic rings. The molecule has 12 rings (SSSR count). The highest BCUT2D eigenvalue weighted by Gasteiger charge is 2.36. The third kappa shape index (κ3) is 7.63. The van der Waals surface area contributed by atoms with Crippen LogP contribution in [0.2, 0.25) is 0 Å². The summed E-state index contributed by atoms with van der Waals surface area (Å²) in [6, 6.07) is 70.8. The highest BCUT2D eigenvalue weighted by molar-refractivity contribution is 6.09. The quantitative estimate of drug-likeness (QED) is 0.145. The number of pyridine rings is 1. The first-order valence-corrected chi connectivity index (χ1v) is 24.1. The number of aromatic nitrogens is 2. The minimum atomic E-state index is -1.88. The lowest BCUT2D eigenvalue weighted by Gasteiger charge is -2.38. The molecule has 1 aliphatic heterocycles. The maximum atomic E-state index is 9.57. The van der Waals surface area contributed by atoms with Gasteiger partial charge in [-0.25, -0.2) is 4.98 Å². The van der Waals surface area contributed by atoms with Gasteiger partial charge in [0.05, 0.1) is 28.1 Å². The second-order valence-electron chi connectivity index (χ2n) is 19.2. The Balaban J connectivity index is 0.969. The molecule has 1 fully saturated rings. The summed E-state index contributed by atoms with van der Waals surface area (Å²) in [4.78, 5) is 9.82. The van der Waals surface area contributed by atoms with E-state index in [-0.39, 0.29) is 18.3 Å². The lowest BCUT2D eigenvalue weighted by atomic mass is 9.65. The van der Waals surface area contributed by atoms with Gasteiger partial charge in [-0.2, -0.15) is 0 Å². The second kappa shape index (κ2) is 17.3. The maximum Gasteiger partial charge on any atom is 0.137 e. The van der Waals surface area contributed by atoms with E-state index >= 15 is 0 Å². The minimum absolute atomic E-state index is 0.207. The van der Waals surface area contributed by atoms with Crippen LogP contribution in [0.15, 0.2) is 212 Å². The monoisotopic (exact) mass is 900 g/mol. The van der Waals surface area contributed by atoms with Crippen LogP contribution in [0.5, 0.6) is 11.5 Å². The van der Waals surface area contributed by atoms with Crippen LogP contribution in [0.3, 0.4) is 0 Å². The molecule has 0 atom stereocenters. The number of hydrogen-bond acceptors (Lipinski definition) is 4. The molecule has 3 heterocycles. The van der Waals surface area contributed by atoms with E-state index in [9.17, 15) is 5.48 Å². The molecule has 1 aliphatic carbocycles. The van der Waals surface area contributed by atoms with E-state index in [1.165, 1.54) is 0 Å². The third-order valence-electron chi connectivity index (χ3n) is 13.9. The number of rotatable bonds is 9. The van der Waals surface area contributed by atoms with Crippen LogP contribution in [-0.4, -0.2) is 16.2 Å². The number of para-hydroxylation sites is 4. The van der Waals surface area contributed by atoms with E-state index < -0.39 is 18.2 Å². The Morgan fingerprint density at radius 2 is 1.14 bits per heavy atom. The summed E-state index contributed by atoms with van der Waals surface area (Å²) in [5, 5.41) is 2.05. The Labute approximate surface area is 411 Å². The largest absolute Gasteiger partial charge is 0.457 e. The summed E-state index contributed by atoms with van der Waals surface area (Å²) < 4.78 is 47.4. The molecule has 5 heteroatoms. The number of nitrogens with zero attached hydrogens (tertiary/aromatic N) is 4. The summed E-state index contributed by atoms with van der Waals surface area (Å²) in [5.74, 6) is 1.94. The fraction of sp³-hybridized carbons (Fsp3) is 0.172. The molecule has 0 spiro atoms. The van der Waals surface area contributed by atoms with Gasteiger partial charge in [-0.1, -0.05) is 180 Å². The highest BCUT2D eigenvalue weighted by atomic mass is 16.5. The van der Waals surface area contributed by atoms with Crippen molar-refractivity contribution in [3.8, 4) is 39.6 Å². The van der Waals surface area contributed by atoms with Crippen LogP contribution in [0.25, 0.3) is 49.9 Å². The van der Waals surface area contributed by atoms with E-state index in [1.807, 2.05) is 60.7 Å². The predicted molar refractivity (Wildman–Crippen MR) is 287 cm³/mol. The zero-order valence-electron chi connectivity index (χ0n) is 43.2. The molecule has 0 amide bonds. The molecule has 338 valence electrons. The first-order valence-electron chi connectivity index (χ1n) is 26.1. The topological polar surface area (TPSA) is 33.5 Å². The van der Waals surface area contributed by atoms with Crippen molar-refractivity contribution in [1.29, 1.82) is 0 Å². The van der Waals surface area contributed by atoms with E-state index in [0.29, 0.717) is 41.5 Å². The summed E-state index contributed by atoms with van der Waals surface area (Å²) in [7, 11) is 0. The van der Waals surface area contributed by atoms with Crippen LogP contribution in [0.1, 0.15) is 75.0 Å². The fourth-order valence-electron chi connectivity index (χ4n) is 10.5. The highest BCUT2D eigenvalue weighted by Crippen LogP contribution is 2.51. The van der Waals surface area contributed by atoms with Crippen molar-refractivity contribution >= 4 is 44.6 Å². The molecule has 2 aromatic heterocycles. The maximum absolute atomic E-state index is 9.57. The Morgan fingerprint density at radius 1 is 0.522 bits per heavy atom. The molecule has 5 nitrogen and oxygen atoms in total. The van der Waals surface area contributed by atoms with Crippen molar-refractivity contribution in [2.45, 2.75) is 63.6 Å². The van der Waals surface area contributed by atoms with Crippen molar-refractivity contribution < 1.29 is 10.2 Å². The molecule has 0 saturated heterocycles. The van der Waals surface area contributed by atoms with Crippen LogP contribution in [0, 0.1) is 0 Å². The molecule has 69 heavy (non-hydrogen) atoms. The van der Waals surface area contributed by atoms with Gasteiger partial charge in [-0.05, 0) is 101 Å². The van der Waals surface area contributed by atoms with Gasteiger partial charge in [0, 0.05) is 56.8 Å². The van der Waals surface area contributed by atoms with Crippen molar-refractivity contribution in [3.63, 3.8) is 0 Å². The number of hydrogen-bond donors (Lipinski definition) is 0. The van der Waals surface area contributed by atoms with Crippen LogP contribution < -0.4 is 14.5 Å². The standard InChI is InChI=1S/C64H56N4O/c1-63(2,3)49-39-50(66-44-67(59-32-17-16-31-58(59)66)62-53(45-21-8-4-9-22-45)28-20-29-54(62)46-23-10-5-11-24-46)42-52(40-49)69-51-33-34-56-55-27-14-15-30-57(55)68(60(56)43-51)61-41-48(35-38-65-61)64(36-18-7-19-37-64)47-25-12-6-13-26-47/h4-6,8-17,20-35,38-43H,7,18-19,36-37,44H2,1-3H3/i36D2,37D2. The molecule has 0 bridgehead atoms. The van der Waals surface area contributed by atoms with Crippen LogP contribution >= 0.6 is 0 Å². The van der Waals surface area contributed by atoms with Crippen molar-refractivity contribution in [2.24, 2.45) is 0 Å². The lowest BCUT2D eigenvalue weighted by Crippen LogP contribution is -2.30. The van der Waals surface area contributed by atoms with Crippen LogP contribution in [-0.2, 0) is 10.8 Å². The smallest absolute Gasteiger partial charge is 0.137 e. The Hall–Kier alpha value is -7.89.